The molecule has 2 aromatic carbocycles. The number of benzene rings is 2. The smallest absolute Gasteiger partial charge is 0.246 e. The second-order valence-corrected chi connectivity index (χ2v) is 7.36. The van der Waals surface area contributed by atoms with Gasteiger partial charge in [0.2, 0.25) is 11.8 Å². The highest BCUT2D eigenvalue weighted by Crippen LogP contribution is 2.40. The molecule has 0 aromatic heterocycles. The summed E-state index contributed by atoms with van der Waals surface area (Å²) in [7, 11) is 1.47. The van der Waals surface area contributed by atoms with Crippen LogP contribution in [0.5, 0.6) is 11.5 Å². The fraction of sp³-hybridized carbons (Fsp3) is 0.273. The summed E-state index contributed by atoms with van der Waals surface area (Å²) < 4.78 is 19.0. The van der Waals surface area contributed by atoms with E-state index in [0.717, 1.165) is 6.07 Å². The molecule has 0 aliphatic carbocycles. The molecule has 164 valence electrons. The van der Waals surface area contributed by atoms with Crippen LogP contribution in [0.3, 0.4) is 0 Å². The molecule has 0 saturated carbocycles. The van der Waals surface area contributed by atoms with Crippen molar-refractivity contribution in [3.05, 3.63) is 53.8 Å². The van der Waals surface area contributed by atoms with Crippen molar-refractivity contribution in [2.45, 2.75) is 0 Å². The number of amides is 2. The van der Waals surface area contributed by atoms with Gasteiger partial charge in [0.1, 0.15) is 17.3 Å². The van der Waals surface area contributed by atoms with Gasteiger partial charge in [0, 0.05) is 43.4 Å². The van der Waals surface area contributed by atoms with E-state index in [4.69, 9.17) is 16.3 Å². The van der Waals surface area contributed by atoms with Crippen molar-refractivity contribution in [1.29, 1.82) is 0 Å². The highest BCUT2D eigenvalue weighted by molar-refractivity contribution is 6.33. The SMILES string of the molecule is C=CC(=O)N1CCN(C(=O)CNc2cc(-c3cc(F)ccc3O)c(Cl)cc2OC)CC1. The Bertz CT molecular complexity index is 1010. The van der Waals surface area contributed by atoms with Crippen LogP contribution in [-0.4, -0.2) is 66.6 Å². The maximum atomic E-state index is 13.7. The number of phenols is 1. The molecular formula is C22H23ClFN3O4. The fourth-order valence-corrected chi connectivity index (χ4v) is 3.64. The van der Waals surface area contributed by atoms with Crippen LogP contribution in [0.25, 0.3) is 11.1 Å². The lowest BCUT2D eigenvalue weighted by molar-refractivity contribution is -0.135. The zero-order valence-corrected chi connectivity index (χ0v) is 17.8. The maximum absolute atomic E-state index is 13.7. The average molecular weight is 448 g/mol. The predicted octanol–water partition coefficient (Wildman–Crippen LogP) is 3.13. The molecule has 0 spiro atoms. The molecule has 1 aliphatic rings. The number of nitrogens with zero attached hydrogens (tertiary/aromatic N) is 2. The highest BCUT2D eigenvalue weighted by Gasteiger charge is 2.23. The lowest BCUT2D eigenvalue weighted by Gasteiger charge is -2.34. The number of aromatic hydroxyl groups is 1. The third-order valence-electron chi connectivity index (χ3n) is 5.09. The molecule has 0 unspecified atom stereocenters. The summed E-state index contributed by atoms with van der Waals surface area (Å²) in [5, 5.41) is 13.4. The quantitative estimate of drug-likeness (QED) is 0.665. The van der Waals surface area contributed by atoms with Crippen LogP contribution in [0.4, 0.5) is 10.1 Å². The number of ether oxygens (including phenoxy) is 1. The van der Waals surface area contributed by atoms with Gasteiger partial charge in [-0.05, 0) is 30.3 Å². The van der Waals surface area contributed by atoms with E-state index in [2.05, 4.69) is 11.9 Å². The van der Waals surface area contributed by atoms with Gasteiger partial charge in [-0.1, -0.05) is 18.2 Å². The zero-order valence-electron chi connectivity index (χ0n) is 17.0. The van der Waals surface area contributed by atoms with E-state index in [9.17, 15) is 19.1 Å². The van der Waals surface area contributed by atoms with Gasteiger partial charge in [0.25, 0.3) is 0 Å². The van der Waals surface area contributed by atoms with Crippen molar-refractivity contribution >= 4 is 29.1 Å². The molecule has 1 heterocycles. The van der Waals surface area contributed by atoms with Gasteiger partial charge < -0.3 is 25.0 Å². The van der Waals surface area contributed by atoms with Crippen LogP contribution >= 0.6 is 11.6 Å². The number of nitrogens with one attached hydrogen (secondary N) is 1. The number of halogens is 2. The lowest BCUT2D eigenvalue weighted by atomic mass is 10.0. The molecular weight excluding hydrogens is 425 g/mol. The molecule has 9 heteroatoms. The summed E-state index contributed by atoms with van der Waals surface area (Å²) in [6.45, 7) is 5.22. The van der Waals surface area contributed by atoms with Crippen molar-refractivity contribution in [3.63, 3.8) is 0 Å². The van der Waals surface area contributed by atoms with E-state index >= 15 is 0 Å². The first-order valence-electron chi connectivity index (χ1n) is 9.63. The molecule has 7 nitrogen and oxygen atoms in total. The molecule has 2 amide bonds. The van der Waals surface area contributed by atoms with Crippen LogP contribution in [0, 0.1) is 5.82 Å². The minimum Gasteiger partial charge on any atom is -0.507 e. The summed E-state index contributed by atoms with van der Waals surface area (Å²) >= 11 is 6.32. The Morgan fingerprint density at radius 3 is 2.52 bits per heavy atom. The van der Waals surface area contributed by atoms with Crippen molar-refractivity contribution in [2.75, 3.05) is 45.2 Å². The monoisotopic (exact) mass is 447 g/mol. The fourth-order valence-electron chi connectivity index (χ4n) is 3.38. The Balaban J connectivity index is 1.74. The van der Waals surface area contributed by atoms with Gasteiger partial charge in [-0.3, -0.25) is 9.59 Å². The van der Waals surface area contributed by atoms with Gasteiger partial charge in [-0.15, -0.1) is 0 Å². The first-order valence-corrected chi connectivity index (χ1v) is 10.0. The minimum atomic E-state index is -0.515. The molecule has 2 N–H and O–H groups in total. The Morgan fingerprint density at radius 2 is 1.87 bits per heavy atom. The molecule has 0 radical (unpaired) electrons. The number of carbonyl (C=O) groups excluding carboxylic acids is 2. The molecule has 1 saturated heterocycles. The van der Waals surface area contributed by atoms with E-state index in [1.54, 1.807) is 15.9 Å². The number of methoxy groups -OCH3 is 1. The Labute approximate surface area is 184 Å². The number of hydrogen-bond donors (Lipinski definition) is 2. The summed E-state index contributed by atoms with van der Waals surface area (Å²) in [6, 6.07) is 6.72. The molecule has 31 heavy (non-hydrogen) atoms. The van der Waals surface area contributed by atoms with Crippen molar-refractivity contribution in [2.24, 2.45) is 0 Å². The topological polar surface area (TPSA) is 82.1 Å². The number of carbonyl (C=O) groups is 2. The molecule has 0 bridgehead atoms. The normalized spacial score (nSPS) is 13.6. The number of rotatable bonds is 6. The van der Waals surface area contributed by atoms with E-state index in [0.29, 0.717) is 43.2 Å². The lowest BCUT2D eigenvalue weighted by Crippen LogP contribution is -2.51. The van der Waals surface area contributed by atoms with Crippen LogP contribution < -0.4 is 10.1 Å². The summed E-state index contributed by atoms with van der Waals surface area (Å²) in [5.41, 5.74) is 1.09. The van der Waals surface area contributed by atoms with Crippen molar-refractivity contribution < 1.29 is 23.8 Å². The van der Waals surface area contributed by atoms with Gasteiger partial charge in [-0.2, -0.15) is 0 Å². The molecule has 3 rings (SSSR count). The van der Waals surface area contributed by atoms with Crippen LogP contribution in [0.2, 0.25) is 5.02 Å². The third-order valence-corrected chi connectivity index (χ3v) is 5.40. The standard InChI is InChI=1S/C22H23ClFN3O4/c1-3-21(29)26-6-8-27(9-7-26)22(30)13-25-18-11-15(17(23)12-20(18)31-2)16-10-14(24)4-5-19(16)28/h3-5,10-12,25,28H,1,6-9,13H2,2H3. The Hall–Kier alpha value is -3.26. The second kappa shape index (κ2) is 9.70. The molecule has 1 aliphatic heterocycles. The van der Waals surface area contributed by atoms with E-state index in [1.807, 2.05) is 0 Å². The summed E-state index contributed by atoms with van der Waals surface area (Å²) in [5.74, 6) is -0.526. The summed E-state index contributed by atoms with van der Waals surface area (Å²) in [6.07, 6.45) is 1.26. The van der Waals surface area contributed by atoms with Gasteiger partial charge >= 0.3 is 0 Å². The van der Waals surface area contributed by atoms with Gasteiger partial charge in [0.15, 0.2) is 0 Å². The van der Waals surface area contributed by atoms with Crippen LogP contribution in [0.15, 0.2) is 43.0 Å². The highest BCUT2D eigenvalue weighted by atomic mass is 35.5. The number of anilines is 1. The third kappa shape index (κ3) is 5.08. The average Bonchev–Trinajstić information content (AvgIpc) is 2.79. The van der Waals surface area contributed by atoms with E-state index in [1.165, 1.54) is 31.4 Å². The minimum absolute atomic E-state index is 0.0119. The molecule has 1 fully saturated rings. The number of hydrogen-bond acceptors (Lipinski definition) is 5. The first kappa shape index (κ1) is 22.4. The van der Waals surface area contributed by atoms with Crippen molar-refractivity contribution in [1.82, 2.24) is 9.80 Å². The molecule has 2 aromatic rings. The van der Waals surface area contributed by atoms with Crippen LogP contribution in [-0.2, 0) is 9.59 Å². The van der Waals surface area contributed by atoms with Crippen molar-refractivity contribution in [3.8, 4) is 22.6 Å². The summed E-state index contributed by atoms with van der Waals surface area (Å²) in [4.78, 5) is 27.6. The second-order valence-electron chi connectivity index (χ2n) is 6.96. The largest absolute Gasteiger partial charge is 0.507 e. The van der Waals surface area contributed by atoms with Gasteiger partial charge in [0.05, 0.1) is 24.4 Å². The Kier molecular flexibility index (Phi) is 7.02. The number of phenolic OH excluding ortho intramolecular Hbond substituents is 1. The van der Waals surface area contributed by atoms with Gasteiger partial charge in [-0.25, -0.2) is 4.39 Å². The van der Waals surface area contributed by atoms with E-state index in [-0.39, 0.29) is 34.7 Å². The molecule has 0 atom stereocenters. The number of piperazine rings is 1. The van der Waals surface area contributed by atoms with E-state index < -0.39 is 5.82 Å². The van der Waals surface area contributed by atoms with Crippen LogP contribution in [0.1, 0.15) is 0 Å². The Morgan fingerprint density at radius 1 is 1.19 bits per heavy atom. The predicted molar refractivity (Wildman–Crippen MR) is 117 cm³/mol. The zero-order chi connectivity index (χ0) is 22.5. The maximum Gasteiger partial charge on any atom is 0.246 e. The first-order chi connectivity index (χ1) is 14.8.